The molecule has 1 aromatic rings. The Morgan fingerprint density at radius 2 is 1.87 bits per heavy atom. The fourth-order valence-corrected chi connectivity index (χ4v) is 3.13. The van der Waals surface area contributed by atoms with Gasteiger partial charge in [-0.1, -0.05) is 60.7 Å². The van der Waals surface area contributed by atoms with Crippen molar-refractivity contribution in [2.75, 3.05) is 0 Å². The van der Waals surface area contributed by atoms with Crippen molar-refractivity contribution in [1.82, 2.24) is 4.90 Å². The summed E-state index contributed by atoms with van der Waals surface area (Å²) in [4.78, 5) is 25.9. The van der Waals surface area contributed by atoms with Crippen molar-refractivity contribution in [1.29, 1.82) is 0 Å². The van der Waals surface area contributed by atoms with Crippen LogP contribution >= 0.6 is 0 Å². The number of carbonyl (C=O) groups is 2. The zero-order chi connectivity index (χ0) is 16.2. The maximum absolute atomic E-state index is 12.7. The Morgan fingerprint density at radius 1 is 1.09 bits per heavy atom. The third-order valence-corrected chi connectivity index (χ3v) is 4.41. The first-order valence-corrected chi connectivity index (χ1v) is 8.05. The van der Waals surface area contributed by atoms with Crippen LogP contribution in [0.3, 0.4) is 0 Å². The van der Waals surface area contributed by atoms with Gasteiger partial charge in [0.15, 0.2) is 0 Å². The molecule has 0 aromatic heterocycles. The van der Waals surface area contributed by atoms with Gasteiger partial charge in [-0.05, 0) is 18.1 Å². The highest BCUT2D eigenvalue weighted by molar-refractivity contribution is 5.84. The van der Waals surface area contributed by atoms with Crippen LogP contribution in [-0.2, 0) is 16.1 Å². The average Bonchev–Trinajstić information content (AvgIpc) is 2.55. The number of amides is 1. The van der Waals surface area contributed by atoms with E-state index < -0.39 is 0 Å². The largest absolute Gasteiger partial charge is 0.331 e. The van der Waals surface area contributed by atoms with Gasteiger partial charge in [-0.3, -0.25) is 4.79 Å². The summed E-state index contributed by atoms with van der Waals surface area (Å²) >= 11 is 0. The van der Waals surface area contributed by atoms with E-state index in [-0.39, 0.29) is 30.1 Å². The summed E-state index contributed by atoms with van der Waals surface area (Å²) in [5, 5.41) is 0. The number of nitrogens with zero attached hydrogens (tertiary/aromatic N) is 1. The first kappa shape index (κ1) is 15.5. The van der Waals surface area contributed by atoms with Crippen molar-refractivity contribution in [2.45, 2.75) is 32.4 Å². The maximum Gasteiger partial charge on any atom is 0.223 e. The van der Waals surface area contributed by atoms with E-state index in [1.165, 1.54) is 6.92 Å². The number of Topliss-reactive ketones (excluding diaryl/α,β-unsaturated/α-hetero) is 1. The Kier molecular flexibility index (Phi) is 4.56. The molecule has 2 aliphatic rings. The molecule has 0 saturated carbocycles. The highest BCUT2D eigenvalue weighted by atomic mass is 16.2. The Labute approximate surface area is 137 Å². The summed E-state index contributed by atoms with van der Waals surface area (Å²) in [5.41, 5.74) is 2.29. The molecule has 1 amide bonds. The van der Waals surface area contributed by atoms with Crippen molar-refractivity contribution in [3.8, 4) is 0 Å². The van der Waals surface area contributed by atoms with Gasteiger partial charge in [0.05, 0.1) is 6.04 Å². The van der Waals surface area contributed by atoms with E-state index in [1.807, 2.05) is 29.2 Å². The number of hydrogen-bond acceptors (Lipinski definition) is 2. The summed E-state index contributed by atoms with van der Waals surface area (Å²) in [6, 6.07) is 8.17. The Bertz CT molecular complexity index is 699. The van der Waals surface area contributed by atoms with Crippen LogP contribution in [0.5, 0.6) is 0 Å². The molecule has 0 fully saturated rings. The standard InChI is InChI=1S/C20H21NO2/c1-15(22)10-13-20(23)21-14-18-8-3-2-6-16(18)11-12-17-7-4-5-9-19(17)21/h2-9,11-12,17,19H,10,13-14H2,1H3/b12-11-. The molecule has 1 aromatic carbocycles. The fraction of sp³-hybridized carbons (Fsp3) is 0.300. The number of benzene rings is 1. The minimum absolute atomic E-state index is 0.0177. The predicted octanol–water partition coefficient (Wildman–Crippen LogP) is 3.52. The summed E-state index contributed by atoms with van der Waals surface area (Å²) < 4.78 is 0. The van der Waals surface area contributed by atoms with Gasteiger partial charge in [0, 0.05) is 25.3 Å². The molecule has 3 heteroatoms. The van der Waals surface area contributed by atoms with Crippen molar-refractivity contribution in [3.63, 3.8) is 0 Å². The van der Waals surface area contributed by atoms with Crippen LogP contribution in [0.15, 0.2) is 54.6 Å². The first-order chi connectivity index (χ1) is 11.1. The molecule has 1 heterocycles. The molecule has 23 heavy (non-hydrogen) atoms. The molecule has 1 aliphatic carbocycles. The molecule has 0 spiro atoms. The third kappa shape index (κ3) is 3.50. The number of hydrogen-bond donors (Lipinski definition) is 0. The summed E-state index contributed by atoms with van der Waals surface area (Å²) in [6.45, 7) is 2.11. The van der Waals surface area contributed by atoms with Gasteiger partial charge in [0.1, 0.15) is 5.78 Å². The van der Waals surface area contributed by atoms with Gasteiger partial charge in [-0.15, -0.1) is 0 Å². The van der Waals surface area contributed by atoms with E-state index in [0.717, 1.165) is 11.1 Å². The van der Waals surface area contributed by atoms with Crippen LogP contribution in [0, 0.1) is 5.92 Å². The molecule has 3 rings (SSSR count). The number of ketones is 1. The molecule has 2 atom stereocenters. The van der Waals surface area contributed by atoms with Gasteiger partial charge in [0.2, 0.25) is 5.91 Å². The topological polar surface area (TPSA) is 37.4 Å². The van der Waals surface area contributed by atoms with E-state index >= 15 is 0 Å². The number of carbonyl (C=O) groups excluding carboxylic acids is 2. The van der Waals surface area contributed by atoms with E-state index in [2.05, 4.69) is 36.4 Å². The molecule has 0 N–H and O–H groups in total. The Morgan fingerprint density at radius 3 is 2.70 bits per heavy atom. The molecule has 0 bridgehead atoms. The molecular formula is C20H21NO2. The van der Waals surface area contributed by atoms with Crippen molar-refractivity contribution in [2.24, 2.45) is 5.92 Å². The molecule has 118 valence electrons. The van der Waals surface area contributed by atoms with Gasteiger partial charge >= 0.3 is 0 Å². The second-order valence-electron chi connectivity index (χ2n) is 6.12. The van der Waals surface area contributed by atoms with Gasteiger partial charge in [-0.25, -0.2) is 0 Å². The summed E-state index contributed by atoms with van der Waals surface area (Å²) in [6.07, 6.45) is 13.1. The lowest BCUT2D eigenvalue weighted by Crippen LogP contribution is -2.43. The SMILES string of the molecule is CC(=O)CCC(=O)N1Cc2ccccc2/C=C\C2C=CC=CC21. The Hall–Kier alpha value is -2.42. The average molecular weight is 307 g/mol. The van der Waals surface area contributed by atoms with Crippen molar-refractivity contribution in [3.05, 3.63) is 65.8 Å². The number of fused-ring (bicyclic) bond motifs is 2. The van der Waals surface area contributed by atoms with E-state index in [0.29, 0.717) is 13.0 Å². The minimum atomic E-state index is 0.0177. The zero-order valence-corrected chi connectivity index (χ0v) is 13.3. The molecule has 2 unspecified atom stereocenters. The molecule has 0 radical (unpaired) electrons. The van der Waals surface area contributed by atoms with Crippen LogP contribution in [0.2, 0.25) is 0 Å². The van der Waals surface area contributed by atoms with Crippen molar-refractivity contribution < 1.29 is 9.59 Å². The number of allylic oxidation sites excluding steroid dienone is 2. The monoisotopic (exact) mass is 307 g/mol. The van der Waals surface area contributed by atoms with Gasteiger partial charge < -0.3 is 9.69 Å². The lowest BCUT2D eigenvalue weighted by atomic mass is 9.89. The molecular weight excluding hydrogens is 286 g/mol. The van der Waals surface area contributed by atoms with Crippen LogP contribution in [0.1, 0.15) is 30.9 Å². The van der Waals surface area contributed by atoms with Gasteiger partial charge in [0.25, 0.3) is 0 Å². The number of rotatable bonds is 3. The first-order valence-electron chi connectivity index (χ1n) is 8.05. The summed E-state index contributed by atoms with van der Waals surface area (Å²) in [5.74, 6) is 0.274. The van der Waals surface area contributed by atoms with Crippen LogP contribution in [0.25, 0.3) is 6.08 Å². The minimum Gasteiger partial charge on any atom is -0.331 e. The normalized spacial score (nSPS) is 23.4. The smallest absolute Gasteiger partial charge is 0.223 e. The van der Waals surface area contributed by atoms with Crippen LogP contribution in [0.4, 0.5) is 0 Å². The van der Waals surface area contributed by atoms with Crippen LogP contribution < -0.4 is 0 Å². The maximum atomic E-state index is 12.7. The van der Waals surface area contributed by atoms with Crippen molar-refractivity contribution >= 4 is 17.8 Å². The Balaban J connectivity index is 1.93. The second-order valence-corrected chi connectivity index (χ2v) is 6.12. The quantitative estimate of drug-likeness (QED) is 0.857. The van der Waals surface area contributed by atoms with Gasteiger partial charge in [-0.2, -0.15) is 0 Å². The van der Waals surface area contributed by atoms with E-state index in [1.54, 1.807) is 0 Å². The lowest BCUT2D eigenvalue weighted by Gasteiger charge is -2.36. The van der Waals surface area contributed by atoms with E-state index in [9.17, 15) is 9.59 Å². The fourth-order valence-electron chi connectivity index (χ4n) is 3.13. The third-order valence-electron chi connectivity index (χ3n) is 4.41. The highest BCUT2D eigenvalue weighted by Gasteiger charge is 2.29. The van der Waals surface area contributed by atoms with E-state index in [4.69, 9.17) is 0 Å². The molecule has 1 aliphatic heterocycles. The lowest BCUT2D eigenvalue weighted by molar-refractivity contribution is -0.135. The second kappa shape index (κ2) is 6.78. The summed E-state index contributed by atoms with van der Waals surface area (Å²) in [7, 11) is 0. The zero-order valence-electron chi connectivity index (χ0n) is 13.3. The predicted molar refractivity (Wildman–Crippen MR) is 91.5 cm³/mol. The highest BCUT2D eigenvalue weighted by Crippen LogP contribution is 2.28. The van der Waals surface area contributed by atoms with Crippen LogP contribution in [-0.4, -0.2) is 22.6 Å². The molecule has 3 nitrogen and oxygen atoms in total. The molecule has 0 saturated heterocycles.